The fourth-order valence-corrected chi connectivity index (χ4v) is 2.18. The van der Waals surface area contributed by atoms with E-state index in [0.717, 1.165) is 11.3 Å². The van der Waals surface area contributed by atoms with Crippen LogP contribution >= 0.6 is 0 Å². The molecule has 0 aliphatic carbocycles. The average molecular weight is 267 g/mol. The first kappa shape index (κ1) is 12.3. The number of aryl methyl sites for hydroxylation is 1. The molecule has 2 heterocycles. The Kier molecular flexibility index (Phi) is 2.95. The summed E-state index contributed by atoms with van der Waals surface area (Å²) in [6, 6.07) is 11.8. The molecule has 0 bridgehead atoms. The lowest BCUT2D eigenvalue weighted by Gasteiger charge is -2.14. The lowest BCUT2D eigenvalue weighted by molar-refractivity contribution is -0.118. The summed E-state index contributed by atoms with van der Waals surface area (Å²) in [5, 5.41) is 5.44. The van der Waals surface area contributed by atoms with Gasteiger partial charge in [-0.05, 0) is 24.6 Å². The van der Waals surface area contributed by atoms with Crippen LogP contribution in [-0.2, 0) is 4.79 Å². The Balaban J connectivity index is 2.01. The van der Waals surface area contributed by atoms with Crippen molar-refractivity contribution in [1.29, 1.82) is 0 Å². The Labute approximate surface area is 116 Å². The van der Waals surface area contributed by atoms with Crippen molar-refractivity contribution in [3.05, 3.63) is 59.3 Å². The fraction of sp³-hybridized carbons (Fsp3) is 0.133. The third-order valence-corrected chi connectivity index (χ3v) is 3.19. The predicted octanol–water partition coefficient (Wildman–Crippen LogP) is 1.81. The van der Waals surface area contributed by atoms with Crippen LogP contribution in [0.3, 0.4) is 0 Å². The zero-order chi connectivity index (χ0) is 14.1. The van der Waals surface area contributed by atoms with Crippen LogP contribution in [0.4, 0.5) is 5.82 Å². The molecule has 0 radical (unpaired) electrons. The van der Waals surface area contributed by atoms with Gasteiger partial charge in [0, 0.05) is 5.69 Å². The molecule has 1 aromatic heterocycles. The number of amides is 2. The van der Waals surface area contributed by atoms with E-state index in [4.69, 9.17) is 0 Å². The van der Waals surface area contributed by atoms with Crippen LogP contribution in [0.15, 0.2) is 42.5 Å². The molecule has 2 aromatic rings. The van der Waals surface area contributed by atoms with Gasteiger partial charge < -0.3 is 10.6 Å². The smallest absolute Gasteiger partial charge is 0.255 e. The highest BCUT2D eigenvalue weighted by Crippen LogP contribution is 2.22. The molecule has 1 aliphatic rings. The van der Waals surface area contributed by atoms with Gasteiger partial charge in [-0.3, -0.25) is 9.59 Å². The number of rotatable bonds is 1. The Morgan fingerprint density at radius 3 is 2.55 bits per heavy atom. The highest BCUT2D eigenvalue weighted by atomic mass is 16.2. The number of pyridine rings is 1. The van der Waals surface area contributed by atoms with E-state index < -0.39 is 6.04 Å². The number of anilines is 1. The average Bonchev–Trinajstić information content (AvgIpc) is 2.56. The summed E-state index contributed by atoms with van der Waals surface area (Å²) in [6.45, 7) is 1.81. The van der Waals surface area contributed by atoms with E-state index in [9.17, 15) is 9.59 Å². The number of nitrogens with one attached hydrogen (secondary N) is 2. The molecule has 1 aliphatic heterocycles. The van der Waals surface area contributed by atoms with Gasteiger partial charge in [0.15, 0.2) is 0 Å². The minimum atomic E-state index is -0.710. The van der Waals surface area contributed by atoms with Crippen LogP contribution in [0.5, 0.6) is 0 Å². The van der Waals surface area contributed by atoms with Crippen molar-refractivity contribution in [3.8, 4) is 0 Å². The van der Waals surface area contributed by atoms with Gasteiger partial charge >= 0.3 is 0 Å². The minimum Gasteiger partial charge on any atom is -0.336 e. The monoisotopic (exact) mass is 267 g/mol. The molecule has 3 rings (SSSR count). The number of carbonyl (C=O) groups excluding carboxylic acids is 2. The Hall–Kier alpha value is -2.69. The lowest BCUT2D eigenvalue weighted by atomic mass is 10.1. The van der Waals surface area contributed by atoms with E-state index in [1.54, 1.807) is 24.3 Å². The molecule has 2 N–H and O–H groups in total. The molecule has 100 valence electrons. The summed E-state index contributed by atoms with van der Waals surface area (Å²) in [5.41, 5.74) is 1.86. The molecule has 5 heteroatoms. The van der Waals surface area contributed by atoms with E-state index in [-0.39, 0.29) is 11.8 Å². The van der Waals surface area contributed by atoms with E-state index in [2.05, 4.69) is 15.6 Å². The molecule has 0 saturated carbocycles. The molecular weight excluding hydrogens is 254 g/mol. The number of hydrogen-bond donors (Lipinski definition) is 2. The zero-order valence-electron chi connectivity index (χ0n) is 10.9. The fourth-order valence-electron chi connectivity index (χ4n) is 2.18. The number of carbonyl (C=O) groups is 2. The third-order valence-electron chi connectivity index (χ3n) is 3.19. The van der Waals surface area contributed by atoms with Gasteiger partial charge in [-0.1, -0.05) is 30.3 Å². The number of nitrogens with zero attached hydrogens (tertiary/aromatic N) is 1. The Morgan fingerprint density at radius 2 is 1.80 bits per heavy atom. The van der Waals surface area contributed by atoms with Crippen molar-refractivity contribution in [2.45, 2.75) is 13.0 Å². The maximum absolute atomic E-state index is 12.3. The molecule has 0 fully saturated rings. The predicted molar refractivity (Wildman–Crippen MR) is 74.3 cm³/mol. The van der Waals surface area contributed by atoms with Gasteiger partial charge in [0.2, 0.25) is 0 Å². The van der Waals surface area contributed by atoms with E-state index in [1.807, 2.05) is 25.1 Å². The quantitative estimate of drug-likeness (QED) is 0.827. The maximum Gasteiger partial charge on any atom is 0.255 e. The van der Waals surface area contributed by atoms with Crippen molar-refractivity contribution in [2.75, 3.05) is 5.32 Å². The molecule has 20 heavy (non-hydrogen) atoms. The molecular formula is C15H13N3O2. The van der Waals surface area contributed by atoms with Gasteiger partial charge in [0.05, 0.1) is 5.56 Å². The van der Waals surface area contributed by atoms with Crippen LogP contribution in [0.25, 0.3) is 0 Å². The maximum atomic E-state index is 12.3. The van der Waals surface area contributed by atoms with E-state index >= 15 is 0 Å². The first-order valence-corrected chi connectivity index (χ1v) is 6.29. The topological polar surface area (TPSA) is 71.1 Å². The summed E-state index contributed by atoms with van der Waals surface area (Å²) in [5.74, 6) is -0.285. The number of aromatic nitrogens is 1. The minimum absolute atomic E-state index is 0.290. The first-order valence-electron chi connectivity index (χ1n) is 6.29. The number of hydrogen-bond acceptors (Lipinski definition) is 3. The summed E-state index contributed by atoms with van der Waals surface area (Å²) < 4.78 is 0. The second-order valence-corrected chi connectivity index (χ2v) is 4.66. The van der Waals surface area contributed by atoms with Gasteiger partial charge in [-0.25, -0.2) is 4.98 Å². The van der Waals surface area contributed by atoms with Crippen LogP contribution in [0, 0.1) is 6.92 Å². The first-order chi connectivity index (χ1) is 9.65. The third kappa shape index (κ3) is 2.14. The van der Waals surface area contributed by atoms with Crippen LogP contribution in [0.2, 0.25) is 0 Å². The highest BCUT2D eigenvalue weighted by molar-refractivity contribution is 6.09. The van der Waals surface area contributed by atoms with Gasteiger partial charge in [0.1, 0.15) is 11.9 Å². The lowest BCUT2D eigenvalue weighted by Crippen LogP contribution is -2.33. The largest absolute Gasteiger partial charge is 0.336 e. The summed E-state index contributed by atoms with van der Waals surface area (Å²) in [4.78, 5) is 28.7. The second-order valence-electron chi connectivity index (χ2n) is 4.66. The summed E-state index contributed by atoms with van der Waals surface area (Å²) >= 11 is 0. The van der Waals surface area contributed by atoms with Crippen LogP contribution < -0.4 is 10.6 Å². The molecule has 0 saturated heterocycles. The number of fused-ring (bicyclic) bond motifs is 1. The SMILES string of the molecule is Cc1ccc2c(n1)NC(=O)C(c1ccccc1)NC2=O. The molecule has 1 aromatic carbocycles. The Bertz CT molecular complexity index is 683. The van der Waals surface area contributed by atoms with Crippen LogP contribution in [-0.4, -0.2) is 16.8 Å². The Morgan fingerprint density at radius 1 is 1.05 bits per heavy atom. The molecule has 1 unspecified atom stereocenters. The van der Waals surface area contributed by atoms with Gasteiger partial charge in [0.25, 0.3) is 11.8 Å². The van der Waals surface area contributed by atoms with Crippen LogP contribution in [0.1, 0.15) is 27.7 Å². The molecule has 0 spiro atoms. The van der Waals surface area contributed by atoms with E-state index in [1.165, 1.54) is 0 Å². The number of benzene rings is 1. The van der Waals surface area contributed by atoms with Crippen molar-refractivity contribution in [3.63, 3.8) is 0 Å². The zero-order valence-corrected chi connectivity index (χ0v) is 10.9. The summed E-state index contributed by atoms with van der Waals surface area (Å²) in [6.07, 6.45) is 0. The van der Waals surface area contributed by atoms with Gasteiger partial charge in [-0.2, -0.15) is 0 Å². The van der Waals surface area contributed by atoms with Crippen molar-refractivity contribution < 1.29 is 9.59 Å². The van der Waals surface area contributed by atoms with Gasteiger partial charge in [-0.15, -0.1) is 0 Å². The standard InChI is InChI=1S/C15H13N3O2/c1-9-7-8-11-13(16-9)18-15(20)12(17-14(11)19)10-5-3-2-4-6-10/h2-8,12H,1H3,(H,17,19)(H,16,18,20). The summed E-state index contributed by atoms with van der Waals surface area (Å²) in [7, 11) is 0. The molecule has 5 nitrogen and oxygen atoms in total. The van der Waals surface area contributed by atoms with E-state index in [0.29, 0.717) is 11.4 Å². The molecule has 2 amide bonds. The normalized spacial score (nSPS) is 17.8. The second kappa shape index (κ2) is 4.77. The van der Waals surface area contributed by atoms with Crippen molar-refractivity contribution in [2.24, 2.45) is 0 Å². The van der Waals surface area contributed by atoms with Crippen molar-refractivity contribution >= 4 is 17.6 Å². The van der Waals surface area contributed by atoms with Crippen molar-refractivity contribution in [1.82, 2.24) is 10.3 Å². The molecule has 1 atom stereocenters. The highest BCUT2D eigenvalue weighted by Gasteiger charge is 2.29.